The molecule has 8 heteroatoms. The highest BCUT2D eigenvalue weighted by Crippen LogP contribution is 2.39. The Morgan fingerprint density at radius 3 is 2.53 bits per heavy atom. The van der Waals surface area contributed by atoms with E-state index in [9.17, 15) is 9.59 Å². The first kappa shape index (κ1) is 24.2. The molecule has 2 aromatic carbocycles. The van der Waals surface area contributed by atoms with Gasteiger partial charge in [-0.25, -0.2) is 4.79 Å². The molecular weight excluding hydrogens is 456 g/mol. The van der Waals surface area contributed by atoms with Gasteiger partial charge in [0.05, 0.1) is 31.9 Å². The van der Waals surface area contributed by atoms with Crippen molar-refractivity contribution in [3.8, 4) is 0 Å². The molecule has 1 aliphatic heterocycles. The Kier molecular flexibility index (Phi) is 7.44. The molecule has 2 heterocycles. The first-order valence-corrected chi connectivity index (χ1v) is 12.6. The van der Waals surface area contributed by atoms with E-state index in [1.54, 1.807) is 12.1 Å². The fourth-order valence-corrected chi connectivity index (χ4v) is 4.59. The molecule has 36 heavy (non-hydrogen) atoms. The van der Waals surface area contributed by atoms with E-state index < -0.39 is 0 Å². The third-order valence-electron chi connectivity index (χ3n) is 6.84. The fourth-order valence-electron chi connectivity index (χ4n) is 4.59. The van der Waals surface area contributed by atoms with E-state index in [-0.39, 0.29) is 24.0 Å². The van der Waals surface area contributed by atoms with E-state index in [0.29, 0.717) is 44.0 Å². The van der Waals surface area contributed by atoms with Crippen molar-refractivity contribution in [2.45, 2.75) is 50.9 Å². The molecule has 8 nitrogen and oxygen atoms in total. The van der Waals surface area contributed by atoms with E-state index >= 15 is 0 Å². The Morgan fingerprint density at radius 1 is 1.03 bits per heavy atom. The Balaban J connectivity index is 1.16. The van der Waals surface area contributed by atoms with Crippen LogP contribution in [-0.4, -0.2) is 47.0 Å². The number of carbonyl (C=O) groups is 2. The molecule has 0 bridgehead atoms. The smallest absolute Gasteiger partial charge is 0.338 e. The number of ether oxygens (including phenoxy) is 2. The number of amides is 1. The Labute approximate surface area is 211 Å². The summed E-state index contributed by atoms with van der Waals surface area (Å²) in [6.07, 6.45) is 3.16. The van der Waals surface area contributed by atoms with Crippen LogP contribution in [0.3, 0.4) is 0 Å². The number of hydrogen-bond acceptors (Lipinski definition) is 6. The summed E-state index contributed by atoms with van der Waals surface area (Å²) < 4.78 is 13.2. The van der Waals surface area contributed by atoms with E-state index in [2.05, 4.69) is 10.6 Å². The van der Waals surface area contributed by atoms with Gasteiger partial charge in [0, 0.05) is 42.7 Å². The SMILES string of the molecule is O=C(OCCC1(NC(=O)c2nn(CCOCc3ccccc3)c3c2CNCC3)CC1)c1ccccc1. The van der Waals surface area contributed by atoms with Crippen molar-refractivity contribution in [3.05, 3.63) is 88.7 Å². The molecule has 2 aliphatic rings. The summed E-state index contributed by atoms with van der Waals surface area (Å²) in [4.78, 5) is 25.5. The number of rotatable bonds is 11. The molecule has 0 atom stereocenters. The van der Waals surface area contributed by atoms with Gasteiger partial charge in [0.15, 0.2) is 5.69 Å². The minimum Gasteiger partial charge on any atom is -0.462 e. The summed E-state index contributed by atoms with van der Waals surface area (Å²) in [5.74, 6) is -0.503. The lowest BCUT2D eigenvalue weighted by Gasteiger charge is -2.18. The van der Waals surface area contributed by atoms with Crippen LogP contribution in [0.25, 0.3) is 0 Å². The van der Waals surface area contributed by atoms with Crippen LogP contribution in [-0.2, 0) is 35.6 Å². The molecule has 1 saturated carbocycles. The molecule has 0 spiro atoms. The summed E-state index contributed by atoms with van der Waals surface area (Å²) in [5, 5.41) is 11.2. The van der Waals surface area contributed by atoms with Gasteiger partial charge < -0.3 is 20.1 Å². The van der Waals surface area contributed by atoms with Crippen LogP contribution in [0.2, 0.25) is 0 Å². The highest BCUT2D eigenvalue weighted by Gasteiger charge is 2.44. The summed E-state index contributed by atoms with van der Waals surface area (Å²) in [7, 11) is 0. The van der Waals surface area contributed by atoms with Gasteiger partial charge in [-0.05, 0) is 30.5 Å². The first-order valence-electron chi connectivity index (χ1n) is 12.6. The van der Waals surface area contributed by atoms with Gasteiger partial charge in [-0.2, -0.15) is 5.10 Å². The topological polar surface area (TPSA) is 94.5 Å². The molecule has 0 saturated heterocycles. The normalized spacial score (nSPS) is 15.7. The van der Waals surface area contributed by atoms with Crippen LogP contribution in [0.1, 0.15) is 56.9 Å². The first-order chi connectivity index (χ1) is 17.6. The lowest BCUT2D eigenvalue weighted by molar-refractivity contribution is 0.0485. The molecule has 2 N–H and O–H groups in total. The average Bonchev–Trinajstić information content (AvgIpc) is 3.57. The van der Waals surface area contributed by atoms with E-state index in [4.69, 9.17) is 14.6 Å². The van der Waals surface area contributed by atoms with Crippen molar-refractivity contribution >= 4 is 11.9 Å². The van der Waals surface area contributed by atoms with Gasteiger partial charge in [0.2, 0.25) is 0 Å². The van der Waals surface area contributed by atoms with Gasteiger partial charge in [0.1, 0.15) is 0 Å². The summed E-state index contributed by atoms with van der Waals surface area (Å²) >= 11 is 0. The number of hydrogen-bond donors (Lipinski definition) is 2. The zero-order valence-corrected chi connectivity index (χ0v) is 20.4. The molecule has 3 aromatic rings. The number of esters is 1. The quantitative estimate of drug-likeness (QED) is 0.318. The number of carbonyl (C=O) groups excluding carboxylic acids is 2. The van der Waals surface area contributed by atoms with Crippen LogP contribution >= 0.6 is 0 Å². The van der Waals surface area contributed by atoms with Crippen molar-refractivity contribution in [1.82, 2.24) is 20.4 Å². The maximum absolute atomic E-state index is 13.3. The van der Waals surface area contributed by atoms with Crippen LogP contribution in [0.5, 0.6) is 0 Å². The Hall–Kier alpha value is -3.49. The van der Waals surface area contributed by atoms with Crippen LogP contribution in [0, 0.1) is 0 Å². The monoisotopic (exact) mass is 488 g/mol. The zero-order chi connectivity index (χ0) is 24.8. The van der Waals surface area contributed by atoms with Gasteiger partial charge in [-0.1, -0.05) is 48.5 Å². The molecule has 188 valence electrons. The minimum absolute atomic E-state index is 0.161. The molecule has 1 aliphatic carbocycles. The van der Waals surface area contributed by atoms with Crippen molar-refractivity contribution in [2.75, 3.05) is 19.8 Å². The Bertz CT molecular complexity index is 1190. The lowest BCUT2D eigenvalue weighted by Crippen LogP contribution is -2.39. The molecule has 1 aromatic heterocycles. The summed E-state index contributed by atoms with van der Waals surface area (Å²) in [5.41, 5.74) is 3.88. The molecule has 5 rings (SSSR count). The summed E-state index contributed by atoms with van der Waals surface area (Å²) in [6.45, 7) is 3.43. The minimum atomic E-state index is -0.342. The van der Waals surface area contributed by atoms with Crippen LogP contribution in [0.15, 0.2) is 60.7 Å². The highest BCUT2D eigenvalue weighted by atomic mass is 16.5. The van der Waals surface area contributed by atoms with Gasteiger partial charge in [-0.15, -0.1) is 0 Å². The summed E-state index contributed by atoms with van der Waals surface area (Å²) in [6, 6.07) is 19.0. The number of benzene rings is 2. The molecule has 0 unspecified atom stereocenters. The predicted octanol–water partition coefficient (Wildman–Crippen LogP) is 3.26. The maximum atomic E-state index is 13.3. The van der Waals surface area contributed by atoms with Crippen molar-refractivity contribution in [2.24, 2.45) is 0 Å². The number of nitrogens with one attached hydrogen (secondary N) is 2. The standard InChI is InChI=1S/C28H32N4O4/c33-26(30-28(12-13-28)14-17-36-27(34)22-9-5-2-6-10-22)25-23-19-29-15-11-24(23)32(31-25)16-18-35-20-21-7-3-1-4-8-21/h1-10,29H,11-20H2,(H,30,33). The third-order valence-corrected chi connectivity index (χ3v) is 6.84. The zero-order valence-electron chi connectivity index (χ0n) is 20.4. The molecule has 0 radical (unpaired) electrons. The second-order valence-corrected chi connectivity index (χ2v) is 9.45. The van der Waals surface area contributed by atoms with Crippen molar-refractivity contribution in [3.63, 3.8) is 0 Å². The molecule has 1 amide bonds. The van der Waals surface area contributed by atoms with Crippen LogP contribution in [0.4, 0.5) is 0 Å². The molecule has 1 fully saturated rings. The van der Waals surface area contributed by atoms with E-state index in [1.165, 1.54) is 0 Å². The maximum Gasteiger partial charge on any atom is 0.338 e. The number of aromatic nitrogens is 2. The predicted molar refractivity (Wildman–Crippen MR) is 135 cm³/mol. The van der Waals surface area contributed by atoms with Crippen LogP contribution < -0.4 is 10.6 Å². The second kappa shape index (κ2) is 11.1. The average molecular weight is 489 g/mol. The fraction of sp³-hybridized carbons (Fsp3) is 0.393. The second-order valence-electron chi connectivity index (χ2n) is 9.45. The highest BCUT2D eigenvalue weighted by molar-refractivity contribution is 5.95. The number of nitrogens with zero attached hydrogens (tertiary/aromatic N) is 2. The van der Waals surface area contributed by atoms with Gasteiger partial charge in [-0.3, -0.25) is 9.48 Å². The van der Waals surface area contributed by atoms with Crippen molar-refractivity contribution in [1.29, 1.82) is 0 Å². The third kappa shape index (κ3) is 5.83. The van der Waals surface area contributed by atoms with E-state index in [0.717, 1.165) is 42.6 Å². The van der Waals surface area contributed by atoms with Gasteiger partial charge in [0.25, 0.3) is 5.91 Å². The molecular formula is C28H32N4O4. The van der Waals surface area contributed by atoms with E-state index in [1.807, 2.05) is 53.2 Å². The largest absolute Gasteiger partial charge is 0.462 e. The lowest BCUT2D eigenvalue weighted by atomic mass is 10.1. The Morgan fingerprint density at radius 2 is 1.78 bits per heavy atom. The van der Waals surface area contributed by atoms with Gasteiger partial charge >= 0.3 is 5.97 Å². The van der Waals surface area contributed by atoms with Crippen molar-refractivity contribution < 1.29 is 19.1 Å². The number of fused-ring (bicyclic) bond motifs is 1.